The highest BCUT2D eigenvalue weighted by molar-refractivity contribution is 5.95. The first kappa shape index (κ1) is 15.2. The van der Waals surface area contributed by atoms with Crippen molar-refractivity contribution in [1.82, 2.24) is 5.32 Å². The van der Waals surface area contributed by atoms with E-state index < -0.39 is 5.97 Å². The van der Waals surface area contributed by atoms with Crippen molar-refractivity contribution in [3.8, 4) is 0 Å². The van der Waals surface area contributed by atoms with Crippen molar-refractivity contribution in [3.63, 3.8) is 0 Å². The third kappa shape index (κ3) is 4.37. The van der Waals surface area contributed by atoms with Crippen molar-refractivity contribution in [3.05, 3.63) is 35.4 Å². The van der Waals surface area contributed by atoms with Crippen LogP contribution in [0.15, 0.2) is 24.3 Å². The fourth-order valence-electron chi connectivity index (χ4n) is 1.65. The van der Waals surface area contributed by atoms with Gasteiger partial charge in [-0.05, 0) is 30.2 Å². The molecule has 5 nitrogen and oxygen atoms in total. The molecule has 0 aromatic heterocycles. The molecule has 1 rings (SSSR count). The van der Waals surface area contributed by atoms with Gasteiger partial charge in [-0.1, -0.05) is 13.8 Å². The summed E-state index contributed by atoms with van der Waals surface area (Å²) in [5, 5.41) is 11.5. The standard InChI is InChI=1S/C14H19NO4/c1-9(2)12(19-3)8-15-13(16)10-4-6-11(7-5-10)14(17)18/h4-7,9,12H,8H2,1-3H3,(H,15,16)(H,17,18). The van der Waals surface area contributed by atoms with E-state index in [0.29, 0.717) is 18.0 Å². The molecule has 0 heterocycles. The van der Waals surface area contributed by atoms with Crippen molar-refractivity contribution in [2.45, 2.75) is 20.0 Å². The molecular formula is C14H19NO4. The van der Waals surface area contributed by atoms with E-state index in [4.69, 9.17) is 9.84 Å². The first-order chi connectivity index (χ1) is 8.95. The highest BCUT2D eigenvalue weighted by atomic mass is 16.5. The lowest BCUT2D eigenvalue weighted by Crippen LogP contribution is -2.35. The van der Waals surface area contributed by atoms with E-state index in [1.807, 2.05) is 13.8 Å². The first-order valence-electron chi connectivity index (χ1n) is 6.10. The minimum absolute atomic E-state index is 0.0396. The molecule has 19 heavy (non-hydrogen) atoms. The summed E-state index contributed by atoms with van der Waals surface area (Å²) in [6, 6.07) is 5.81. The molecule has 0 radical (unpaired) electrons. The molecule has 0 saturated carbocycles. The third-order valence-electron chi connectivity index (χ3n) is 2.90. The van der Waals surface area contributed by atoms with Gasteiger partial charge in [-0.2, -0.15) is 0 Å². The number of amides is 1. The molecular weight excluding hydrogens is 246 g/mol. The van der Waals surface area contributed by atoms with E-state index in [9.17, 15) is 9.59 Å². The van der Waals surface area contributed by atoms with Crippen molar-refractivity contribution < 1.29 is 19.4 Å². The van der Waals surface area contributed by atoms with Crippen LogP contribution >= 0.6 is 0 Å². The summed E-state index contributed by atoms with van der Waals surface area (Å²) in [6.45, 7) is 4.46. The van der Waals surface area contributed by atoms with Gasteiger partial charge < -0.3 is 15.2 Å². The van der Waals surface area contributed by atoms with Crippen LogP contribution in [0.5, 0.6) is 0 Å². The van der Waals surface area contributed by atoms with E-state index in [-0.39, 0.29) is 17.6 Å². The number of aromatic carboxylic acids is 1. The number of methoxy groups -OCH3 is 1. The lowest BCUT2D eigenvalue weighted by molar-refractivity contribution is 0.0604. The molecule has 0 aliphatic carbocycles. The molecule has 1 amide bonds. The van der Waals surface area contributed by atoms with E-state index in [1.54, 1.807) is 7.11 Å². The normalized spacial score (nSPS) is 12.2. The topological polar surface area (TPSA) is 75.6 Å². The fourth-order valence-corrected chi connectivity index (χ4v) is 1.65. The van der Waals surface area contributed by atoms with Gasteiger partial charge in [-0.3, -0.25) is 4.79 Å². The van der Waals surface area contributed by atoms with Gasteiger partial charge in [0.25, 0.3) is 5.91 Å². The molecule has 1 aromatic rings. The maximum Gasteiger partial charge on any atom is 0.335 e. The molecule has 0 bridgehead atoms. The number of nitrogens with one attached hydrogen (secondary N) is 1. The van der Waals surface area contributed by atoms with Crippen molar-refractivity contribution in [2.75, 3.05) is 13.7 Å². The first-order valence-corrected chi connectivity index (χ1v) is 6.10. The average molecular weight is 265 g/mol. The van der Waals surface area contributed by atoms with Gasteiger partial charge in [-0.15, -0.1) is 0 Å². The highest BCUT2D eigenvalue weighted by Crippen LogP contribution is 2.06. The molecule has 0 saturated heterocycles. The number of hydrogen-bond acceptors (Lipinski definition) is 3. The number of carbonyl (C=O) groups excluding carboxylic acids is 1. The Labute approximate surface area is 112 Å². The van der Waals surface area contributed by atoms with Gasteiger partial charge >= 0.3 is 5.97 Å². The van der Waals surface area contributed by atoms with Crippen LogP contribution in [0.25, 0.3) is 0 Å². The molecule has 0 aliphatic rings. The summed E-state index contributed by atoms with van der Waals surface area (Å²) in [5.41, 5.74) is 0.595. The Morgan fingerprint density at radius 2 is 1.74 bits per heavy atom. The van der Waals surface area contributed by atoms with Crippen LogP contribution in [0.4, 0.5) is 0 Å². The molecule has 1 unspecified atom stereocenters. The van der Waals surface area contributed by atoms with Crippen LogP contribution in [0, 0.1) is 5.92 Å². The quantitative estimate of drug-likeness (QED) is 0.822. The van der Waals surface area contributed by atoms with Crippen LogP contribution in [0.3, 0.4) is 0 Å². The smallest absolute Gasteiger partial charge is 0.335 e. The Bertz CT molecular complexity index is 439. The van der Waals surface area contributed by atoms with Crippen molar-refractivity contribution in [1.29, 1.82) is 0 Å². The van der Waals surface area contributed by atoms with Crippen LogP contribution in [0.2, 0.25) is 0 Å². The largest absolute Gasteiger partial charge is 0.478 e. The number of carbonyl (C=O) groups is 2. The minimum Gasteiger partial charge on any atom is -0.478 e. The van der Waals surface area contributed by atoms with Crippen LogP contribution in [-0.2, 0) is 4.74 Å². The number of hydrogen-bond donors (Lipinski definition) is 2. The van der Waals surface area contributed by atoms with E-state index in [1.165, 1.54) is 24.3 Å². The number of rotatable bonds is 6. The number of benzene rings is 1. The zero-order valence-electron chi connectivity index (χ0n) is 11.3. The van der Waals surface area contributed by atoms with Crippen LogP contribution in [-0.4, -0.2) is 36.7 Å². The summed E-state index contributed by atoms with van der Waals surface area (Å²) >= 11 is 0. The Morgan fingerprint density at radius 1 is 1.21 bits per heavy atom. The summed E-state index contributed by atoms with van der Waals surface area (Å²) in [6.07, 6.45) is -0.0396. The van der Waals surface area contributed by atoms with Gasteiger partial charge in [0.1, 0.15) is 0 Å². The lowest BCUT2D eigenvalue weighted by atomic mass is 10.1. The number of carboxylic acids is 1. The Kier molecular flexibility index (Phi) is 5.51. The second-order valence-electron chi connectivity index (χ2n) is 4.61. The Morgan fingerprint density at radius 3 is 2.16 bits per heavy atom. The average Bonchev–Trinajstić information content (AvgIpc) is 2.38. The van der Waals surface area contributed by atoms with Crippen LogP contribution in [0.1, 0.15) is 34.6 Å². The lowest BCUT2D eigenvalue weighted by Gasteiger charge is -2.19. The summed E-state index contributed by atoms with van der Waals surface area (Å²) in [5.74, 6) is -0.939. The molecule has 104 valence electrons. The van der Waals surface area contributed by atoms with Gasteiger partial charge in [-0.25, -0.2) is 4.79 Å². The van der Waals surface area contributed by atoms with E-state index in [2.05, 4.69) is 5.32 Å². The second kappa shape index (κ2) is 6.89. The predicted octanol–water partition coefficient (Wildman–Crippen LogP) is 1.79. The molecule has 1 atom stereocenters. The molecule has 0 aliphatic heterocycles. The zero-order valence-corrected chi connectivity index (χ0v) is 11.3. The van der Waals surface area contributed by atoms with Gasteiger partial charge in [0, 0.05) is 19.2 Å². The molecule has 2 N–H and O–H groups in total. The molecule has 5 heteroatoms. The molecule has 0 fully saturated rings. The SMILES string of the molecule is COC(CNC(=O)c1ccc(C(=O)O)cc1)C(C)C. The second-order valence-corrected chi connectivity index (χ2v) is 4.61. The maximum atomic E-state index is 11.9. The molecule has 0 spiro atoms. The van der Waals surface area contributed by atoms with Crippen LogP contribution < -0.4 is 5.32 Å². The van der Waals surface area contributed by atoms with E-state index >= 15 is 0 Å². The zero-order chi connectivity index (χ0) is 14.4. The van der Waals surface area contributed by atoms with Crippen molar-refractivity contribution >= 4 is 11.9 Å². The minimum atomic E-state index is -1.01. The maximum absolute atomic E-state index is 11.9. The third-order valence-corrected chi connectivity index (χ3v) is 2.90. The Hall–Kier alpha value is -1.88. The van der Waals surface area contributed by atoms with Gasteiger partial charge in [0.2, 0.25) is 0 Å². The summed E-state index contributed by atoms with van der Waals surface area (Å²) < 4.78 is 5.26. The van der Waals surface area contributed by atoms with E-state index in [0.717, 1.165) is 0 Å². The summed E-state index contributed by atoms with van der Waals surface area (Å²) in [4.78, 5) is 22.5. The van der Waals surface area contributed by atoms with Crippen molar-refractivity contribution in [2.24, 2.45) is 5.92 Å². The molecule has 1 aromatic carbocycles. The van der Waals surface area contributed by atoms with Gasteiger partial charge in [0.15, 0.2) is 0 Å². The summed E-state index contributed by atoms with van der Waals surface area (Å²) in [7, 11) is 1.61. The monoisotopic (exact) mass is 265 g/mol. The highest BCUT2D eigenvalue weighted by Gasteiger charge is 2.14. The number of ether oxygens (including phenoxy) is 1. The van der Waals surface area contributed by atoms with Gasteiger partial charge in [0.05, 0.1) is 11.7 Å². The Balaban J connectivity index is 2.61. The predicted molar refractivity (Wildman–Crippen MR) is 71.4 cm³/mol. The fraction of sp³-hybridized carbons (Fsp3) is 0.429. The number of carboxylic acid groups (broad SMARTS) is 1.